The van der Waals surface area contributed by atoms with Crippen molar-refractivity contribution in [1.29, 1.82) is 0 Å². The second-order valence-electron chi connectivity index (χ2n) is 10.7. The van der Waals surface area contributed by atoms with Crippen molar-refractivity contribution in [2.45, 2.75) is 46.4 Å². The van der Waals surface area contributed by atoms with Crippen molar-refractivity contribution in [2.75, 3.05) is 20.2 Å². The first kappa shape index (κ1) is 24.5. The Balaban J connectivity index is 0.000000149. The zero-order valence-corrected chi connectivity index (χ0v) is 21.2. The summed E-state index contributed by atoms with van der Waals surface area (Å²) in [4.78, 5) is 39.1. The zero-order valence-electron chi connectivity index (χ0n) is 21.2. The number of rotatable bonds is 6. The van der Waals surface area contributed by atoms with E-state index in [9.17, 15) is 14.4 Å². The quantitative estimate of drug-likeness (QED) is 0.629. The molecule has 1 N–H and O–H groups in total. The summed E-state index contributed by atoms with van der Waals surface area (Å²) in [6.45, 7) is 7.28. The second-order valence-corrected chi connectivity index (χ2v) is 10.7. The SMILES string of the molecule is COC(=O)c1ccc(CN2CC3CC3C2=O)c(C)c1.Cc1cc(CO)ccc1CN1CC2CC2C1=O. The summed E-state index contributed by atoms with van der Waals surface area (Å²) in [6, 6.07) is 11.5. The van der Waals surface area contributed by atoms with Crippen LogP contribution in [-0.4, -0.2) is 52.9 Å². The lowest BCUT2D eigenvalue weighted by atomic mass is 10.0. The predicted molar refractivity (Wildman–Crippen MR) is 134 cm³/mol. The van der Waals surface area contributed by atoms with Crippen LogP contribution in [-0.2, 0) is 34.0 Å². The fourth-order valence-electron chi connectivity index (χ4n) is 5.57. The summed E-state index contributed by atoms with van der Waals surface area (Å²) in [5.74, 6) is 2.18. The summed E-state index contributed by atoms with van der Waals surface area (Å²) >= 11 is 0. The summed E-state index contributed by atoms with van der Waals surface area (Å²) < 4.78 is 4.70. The normalized spacial score (nSPS) is 25.2. The van der Waals surface area contributed by atoms with E-state index in [4.69, 9.17) is 9.84 Å². The monoisotopic (exact) mass is 490 g/mol. The highest BCUT2D eigenvalue weighted by molar-refractivity contribution is 5.89. The molecule has 2 aliphatic heterocycles. The zero-order chi connectivity index (χ0) is 25.6. The molecule has 4 unspecified atom stereocenters. The molecular weight excluding hydrogens is 456 g/mol. The van der Waals surface area contributed by atoms with Crippen LogP contribution in [0.3, 0.4) is 0 Å². The van der Waals surface area contributed by atoms with Gasteiger partial charge in [-0.15, -0.1) is 0 Å². The predicted octanol–water partition coefficient (Wildman–Crippen LogP) is 3.23. The average Bonchev–Trinajstić information content (AvgIpc) is 3.77. The first-order chi connectivity index (χ1) is 17.3. The van der Waals surface area contributed by atoms with Crippen molar-refractivity contribution >= 4 is 17.8 Å². The fourth-order valence-corrected chi connectivity index (χ4v) is 5.57. The van der Waals surface area contributed by atoms with Gasteiger partial charge in [-0.25, -0.2) is 4.79 Å². The second kappa shape index (κ2) is 9.69. The minimum Gasteiger partial charge on any atom is -0.465 e. The molecule has 0 bridgehead atoms. The molecule has 2 aliphatic carbocycles. The number of methoxy groups -OCH3 is 1. The Morgan fingerprint density at radius 1 is 0.889 bits per heavy atom. The van der Waals surface area contributed by atoms with E-state index in [1.54, 1.807) is 6.07 Å². The van der Waals surface area contributed by atoms with Crippen molar-refractivity contribution in [2.24, 2.45) is 23.7 Å². The number of nitrogens with zero attached hydrogens (tertiary/aromatic N) is 2. The van der Waals surface area contributed by atoms with Gasteiger partial charge in [0, 0.05) is 38.0 Å². The van der Waals surface area contributed by atoms with E-state index in [1.165, 1.54) is 12.7 Å². The number of ether oxygens (including phenoxy) is 1. The number of hydrogen-bond acceptors (Lipinski definition) is 5. The van der Waals surface area contributed by atoms with Crippen molar-refractivity contribution in [3.63, 3.8) is 0 Å². The molecule has 4 fully saturated rings. The van der Waals surface area contributed by atoms with Gasteiger partial charge < -0.3 is 19.6 Å². The van der Waals surface area contributed by atoms with Gasteiger partial charge in [-0.1, -0.05) is 24.3 Å². The van der Waals surface area contributed by atoms with Crippen LogP contribution >= 0.6 is 0 Å². The molecule has 0 aromatic heterocycles. The first-order valence-electron chi connectivity index (χ1n) is 12.7. The van der Waals surface area contributed by atoms with Crippen LogP contribution in [0.5, 0.6) is 0 Å². The number of likely N-dealkylation sites (tertiary alicyclic amines) is 2. The number of hydrogen-bond donors (Lipinski definition) is 1. The molecule has 2 saturated carbocycles. The van der Waals surface area contributed by atoms with Crippen LogP contribution in [0.1, 0.15) is 51.0 Å². The Morgan fingerprint density at radius 2 is 1.42 bits per heavy atom. The van der Waals surface area contributed by atoms with Gasteiger partial charge in [0.15, 0.2) is 0 Å². The molecule has 2 amide bonds. The molecule has 190 valence electrons. The summed E-state index contributed by atoms with van der Waals surface area (Å²) in [5, 5.41) is 9.06. The molecule has 36 heavy (non-hydrogen) atoms. The van der Waals surface area contributed by atoms with Gasteiger partial charge in [0.05, 0.1) is 19.3 Å². The number of piperidine rings is 2. The molecular formula is C29H34N2O5. The molecule has 4 aliphatic rings. The molecule has 2 saturated heterocycles. The Morgan fingerprint density at radius 3 is 1.83 bits per heavy atom. The maximum absolute atomic E-state index is 11.9. The van der Waals surface area contributed by atoms with E-state index in [2.05, 4.69) is 0 Å². The van der Waals surface area contributed by atoms with Gasteiger partial charge in [0.2, 0.25) is 11.8 Å². The van der Waals surface area contributed by atoms with Gasteiger partial charge in [-0.3, -0.25) is 9.59 Å². The smallest absolute Gasteiger partial charge is 0.337 e. The number of aliphatic hydroxyl groups is 1. The summed E-state index contributed by atoms with van der Waals surface area (Å²) in [6.07, 6.45) is 2.19. The molecule has 7 heteroatoms. The number of carbonyl (C=O) groups excluding carboxylic acids is 3. The lowest BCUT2D eigenvalue weighted by molar-refractivity contribution is -0.131. The van der Waals surface area contributed by atoms with E-state index < -0.39 is 0 Å². The minimum absolute atomic E-state index is 0.0773. The van der Waals surface area contributed by atoms with Crippen LogP contribution in [0.15, 0.2) is 36.4 Å². The molecule has 7 nitrogen and oxygen atoms in total. The molecule has 2 heterocycles. The van der Waals surface area contributed by atoms with E-state index in [1.807, 2.05) is 54.0 Å². The van der Waals surface area contributed by atoms with Crippen LogP contribution in [0.2, 0.25) is 0 Å². The van der Waals surface area contributed by atoms with Crippen LogP contribution in [0, 0.1) is 37.5 Å². The van der Waals surface area contributed by atoms with E-state index in [0.29, 0.717) is 47.6 Å². The van der Waals surface area contributed by atoms with Crippen LogP contribution < -0.4 is 0 Å². The number of esters is 1. The Labute approximate surface area is 212 Å². The molecule has 6 rings (SSSR count). The number of amides is 2. The number of aliphatic hydroxyl groups excluding tert-OH is 1. The summed E-state index contributed by atoms with van der Waals surface area (Å²) in [5.41, 5.74) is 5.96. The maximum atomic E-state index is 11.9. The number of aryl methyl sites for hydroxylation is 2. The highest BCUT2D eigenvalue weighted by atomic mass is 16.5. The van der Waals surface area contributed by atoms with Crippen molar-refractivity contribution < 1.29 is 24.2 Å². The van der Waals surface area contributed by atoms with Gasteiger partial charge in [-0.2, -0.15) is 0 Å². The van der Waals surface area contributed by atoms with Crippen molar-refractivity contribution in [3.8, 4) is 0 Å². The Kier molecular flexibility index (Phi) is 6.60. The van der Waals surface area contributed by atoms with Crippen LogP contribution in [0.25, 0.3) is 0 Å². The third kappa shape index (κ3) is 4.89. The standard InChI is InChI=1S/C15H17NO3.C14H17NO2/c1-9-5-10(15(18)19-2)3-4-11(9)7-16-8-12-6-13(12)14(16)17;1-9-4-10(8-16)2-3-11(9)6-15-7-12-5-13(12)14(15)17/h3-5,12-13H,6-8H2,1-2H3;2-4,12-13,16H,5-8H2,1H3. The first-order valence-corrected chi connectivity index (χ1v) is 12.7. The third-order valence-corrected chi connectivity index (χ3v) is 8.09. The van der Waals surface area contributed by atoms with Crippen LogP contribution in [0.4, 0.5) is 0 Å². The topological polar surface area (TPSA) is 87.2 Å². The van der Waals surface area contributed by atoms with E-state index in [-0.39, 0.29) is 12.6 Å². The van der Waals surface area contributed by atoms with Crippen molar-refractivity contribution in [1.82, 2.24) is 9.80 Å². The lowest BCUT2D eigenvalue weighted by Crippen LogP contribution is -2.28. The molecule has 0 radical (unpaired) electrons. The van der Waals surface area contributed by atoms with Gasteiger partial charge in [0.25, 0.3) is 0 Å². The Hall–Kier alpha value is -3.19. The Bertz CT molecular complexity index is 1210. The fraction of sp³-hybridized carbons (Fsp3) is 0.483. The van der Waals surface area contributed by atoms with Gasteiger partial charge in [0.1, 0.15) is 0 Å². The number of benzene rings is 2. The highest BCUT2D eigenvalue weighted by Crippen LogP contribution is 2.47. The van der Waals surface area contributed by atoms with Gasteiger partial charge >= 0.3 is 5.97 Å². The average molecular weight is 491 g/mol. The molecule has 0 spiro atoms. The van der Waals surface area contributed by atoms with Crippen molar-refractivity contribution in [3.05, 3.63) is 69.8 Å². The third-order valence-electron chi connectivity index (χ3n) is 8.09. The maximum Gasteiger partial charge on any atom is 0.337 e. The molecule has 4 atom stereocenters. The number of carbonyl (C=O) groups is 3. The number of fused-ring (bicyclic) bond motifs is 2. The minimum atomic E-state index is -0.326. The molecule has 2 aromatic rings. The molecule has 2 aromatic carbocycles. The summed E-state index contributed by atoms with van der Waals surface area (Å²) in [7, 11) is 1.38. The van der Waals surface area contributed by atoms with E-state index in [0.717, 1.165) is 54.7 Å². The van der Waals surface area contributed by atoms with Gasteiger partial charge in [-0.05, 0) is 78.5 Å². The van der Waals surface area contributed by atoms with E-state index >= 15 is 0 Å². The lowest BCUT2D eigenvalue weighted by Gasteiger charge is -2.19. The highest BCUT2D eigenvalue weighted by Gasteiger charge is 2.52. The largest absolute Gasteiger partial charge is 0.465 e.